The molecule has 1 saturated heterocycles. The van der Waals surface area contributed by atoms with E-state index in [-0.39, 0.29) is 12.0 Å². The van der Waals surface area contributed by atoms with Crippen molar-refractivity contribution in [1.82, 2.24) is 15.3 Å². The van der Waals surface area contributed by atoms with Gasteiger partial charge in [-0.2, -0.15) is 0 Å². The summed E-state index contributed by atoms with van der Waals surface area (Å²) in [6.45, 7) is 5.35. The van der Waals surface area contributed by atoms with Crippen LogP contribution in [0.4, 0.5) is 0 Å². The van der Waals surface area contributed by atoms with Gasteiger partial charge in [0.05, 0.1) is 17.4 Å². The molecule has 1 aliphatic heterocycles. The molecule has 0 saturated carbocycles. The molecular formula is C19H23N3O2. The number of ether oxygens (including phenoxy) is 1. The van der Waals surface area contributed by atoms with Crippen molar-refractivity contribution in [2.24, 2.45) is 0 Å². The predicted molar refractivity (Wildman–Crippen MR) is 92.9 cm³/mol. The molecule has 0 bridgehead atoms. The SMILES string of the molecule is CCc1ncc(C(=O)NCC2CCCO2)c(-c2cccc(C)c2)n1. The van der Waals surface area contributed by atoms with Crippen molar-refractivity contribution in [3.05, 3.63) is 47.4 Å². The van der Waals surface area contributed by atoms with Gasteiger partial charge in [0, 0.05) is 31.3 Å². The molecule has 1 aromatic heterocycles. The number of carbonyl (C=O) groups excluding carboxylic acids is 1. The molecule has 24 heavy (non-hydrogen) atoms. The van der Waals surface area contributed by atoms with Gasteiger partial charge < -0.3 is 10.1 Å². The van der Waals surface area contributed by atoms with Gasteiger partial charge >= 0.3 is 0 Å². The topological polar surface area (TPSA) is 64.1 Å². The largest absolute Gasteiger partial charge is 0.376 e. The van der Waals surface area contributed by atoms with Crippen LogP contribution in [0.3, 0.4) is 0 Å². The Balaban J connectivity index is 1.87. The zero-order chi connectivity index (χ0) is 16.9. The average Bonchev–Trinajstić information content (AvgIpc) is 3.12. The van der Waals surface area contributed by atoms with Crippen molar-refractivity contribution in [3.8, 4) is 11.3 Å². The molecule has 2 heterocycles. The summed E-state index contributed by atoms with van der Waals surface area (Å²) in [5, 5.41) is 2.96. The first-order valence-corrected chi connectivity index (χ1v) is 8.50. The van der Waals surface area contributed by atoms with Gasteiger partial charge in [0.25, 0.3) is 5.91 Å². The predicted octanol–water partition coefficient (Wildman–Crippen LogP) is 2.92. The number of aryl methyl sites for hydroxylation is 2. The van der Waals surface area contributed by atoms with E-state index in [4.69, 9.17) is 4.74 Å². The number of nitrogens with zero attached hydrogens (tertiary/aromatic N) is 2. The van der Waals surface area contributed by atoms with Crippen molar-refractivity contribution in [2.45, 2.75) is 39.2 Å². The van der Waals surface area contributed by atoms with E-state index >= 15 is 0 Å². The van der Waals surface area contributed by atoms with E-state index in [1.54, 1.807) is 6.20 Å². The molecule has 5 heteroatoms. The second-order valence-corrected chi connectivity index (χ2v) is 6.12. The second kappa shape index (κ2) is 7.53. The molecule has 126 valence electrons. The van der Waals surface area contributed by atoms with E-state index < -0.39 is 0 Å². The molecule has 0 spiro atoms. The smallest absolute Gasteiger partial charge is 0.255 e. The lowest BCUT2D eigenvalue weighted by molar-refractivity contribution is 0.0857. The number of hydrogen-bond donors (Lipinski definition) is 1. The molecule has 1 N–H and O–H groups in total. The third-order valence-corrected chi connectivity index (χ3v) is 4.21. The minimum atomic E-state index is -0.148. The standard InChI is InChI=1S/C19H23N3O2/c1-3-17-20-12-16(19(23)21-11-15-8-5-9-24-15)18(22-17)14-7-4-6-13(2)10-14/h4,6-7,10,12,15H,3,5,8-9,11H2,1-2H3,(H,21,23). The summed E-state index contributed by atoms with van der Waals surface area (Å²) in [4.78, 5) is 21.5. The Hall–Kier alpha value is -2.27. The average molecular weight is 325 g/mol. The van der Waals surface area contributed by atoms with Crippen LogP contribution in [0.1, 0.15) is 41.5 Å². The lowest BCUT2D eigenvalue weighted by atomic mass is 10.0. The Kier molecular flexibility index (Phi) is 5.20. The van der Waals surface area contributed by atoms with Crippen LogP contribution in [0.25, 0.3) is 11.3 Å². The molecule has 0 radical (unpaired) electrons. The van der Waals surface area contributed by atoms with Crippen molar-refractivity contribution in [2.75, 3.05) is 13.2 Å². The monoisotopic (exact) mass is 325 g/mol. The minimum Gasteiger partial charge on any atom is -0.376 e. The number of nitrogens with one attached hydrogen (secondary N) is 1. The van der Waals surface area contributed by atoms with E-state index in [9.17, 15) is 4.79 Å². The summed E-state index contributed by atoms with van der Waals surface area (Å²) < 4.78 is 5.56. The third-order valence-electron chi connectivity index (χ3n) is 4.21. The van der Waals surface area contributed by atoms with Crippen LogP contribution in [0, 0.1) is 6.92 Å². The van der Waals surface area contributed by atoms with Gasteiger partial charge in [-0.05, 0) is 25.8 Å². The highest BCUT2D eigenvalue weighted by molar-refractivity contribution is 5.99. The Bertz CT molecular complexity index is 724. The van der Waals surface area contributed by atoms with Crippen molar-refractivity contribution in [1.29, 1.82) is 0 Å². The van der Waals surface area contributed by atoms with Gasteiger partial charge in [0.15, 0.2) is 0 Å². The van der Waals surface area contributed by atoms with E-state index in [0.29, 0.717) is 17.8 Å². The quantitative estimate of drug-likeness (QED) is 0.918. The van der Waals surface area contributed by atoms with Crippen LogP contribution in [0.15, 0.2) is 30.5 Å². The molecule has 1 amide bonds. The van der Waals surface area contributed by atoms with Crippen molar-refractivity contribution >= 4 is 5.91 Å². The van der Waals surface area contributed by atoms with Crippen LogP contribution in [0.2, 0.25) is 0 Å². The maximum Gasteiger partial charge on any atom is 0.255 e. The first kappa shape index (κ1) is 16.6. The number of amides is 1. The molecular weight excluding hydrogens is 302 g/mol. The molecule has 0 aliphatic carbocycles. The fraction of sp³-hybridized carbons (Fsp3) is 0.421. The zero-order valence-electron chi connectivity index (χ0n) is 14.2. The Labute approximate surface area is 142 Å². The maximum atomic E-state index is 12.6. The molecule has 3 rings (SSSR count). The van der Waals surface area contributed by atoms with Gasteiger partial charge in [-0.3, -0.25) is 4.79 Å². The van der Waals surface area contributed by atoms with E-state index in [0.717, 1.165) is 42.8 Å². The number of aromatic nitrogens is 2. The molecule has 2 aromatic rings. The first-order chi connectivity index (χ1) is 11.7. The first-order valence-electron chi connectivity index (χ1n) is 8.50. The number of rotatable bonds is 5. The van der Waals surface area contributed by atoms with Crippen molar-refractivity contribution in [3.63, 3.8) is 0 Å². The lowest BCUT2D eigenvalue weighted by Crippen LogP contribution is -2.32. The Morgan fingerprint density at radius 2 is 2.29 bits per heavy atom. The summed E-state index contributed by atoms with van der Waals surface area (Å²) >= 11 is 0. The van der Waals surface area contributed by atoms with Gasteiger partial charge in [-0.25, -0.2) is 9.97 Å². The maximum absolute atomic E-state index is 12.6. The lowest BCUT2D eigenvalue weighted by Gasteiger charge is -2.13. The summed E-state index contributed by atoms with van der Waals surface area (Å²) in [5.74, 6) is 0.590. The van der Waals surface area contributed by atoms with Gasteiger partial charge in [-0.1, -0.05) is 30.7 Å². The fourth-order valence-electron chi connectivity index (χ4n) is 2.87. The van der Waals surface area contributed by atoms with E-state index in [2.05, 4.69) is 15.3 Å². The van der Waals surface area contributed by atoms with Crippen LogP contribution >= 0.6 is 0 Å². The highest BCUT2D eigenvalue weighted by Crippen LogP contribution is 2.22. The Morgan fingerprint density at radius 3 is 3.00 bits per heavy atom. The Morgan fingerprint density at radius 1 is 1.42 bits per heavy atom. The molecule has 1 aliphatic rings. The summed E-state index contributed by atoms with van der Waals surface area (Å²) in [6, 6.07) is 8.03. The molecule has 1 atom stereocenters. The zero-order valence-corrected chi connectivity index (χ0v) is 14.2. The molecule has 5 nitrogen and oxygen atoms in total. The van der Waals surface area contributed by atoms with Gasteiger partial charge in [0.2, 0.25) is 0 Å². The van der Waals surface area contributed by atoms with Crippen molar-refractivity contribution < 1.29 is 9.53 Å². The number of hydrogen-bond acceptors (Lipinski definition) is 4. The highest BCUT2D eigenvalue weighted by Gasteiger charge is 2.20. The minimum absolute atomic E-state index is 0.118. The number of benzene rings is 1. The highest BCUT2D eigenvalue weighted by atomic mass is 16.5. The molecule has 1 aromatic carbocycles. The van der Waals surface area contributed by atoms with Gasteiger partial charge in [0.1, 0.15) is 5.82 Å². The van der Waals surface area contributed by atoms with Crippen LogP contribution in [-0.2, 0) is 11.2 Å². The van der Waals surface area contributed by atoms with Crippen LogP contribution in [-0.4, -0.2) is 35.1 Å². The fourth-order valence-corrected chi connectivity index (χ4v) is 2.87. The normalized spacial score (nSPS) is 17.0. The summed E-state index contributed by atoms with van der Waals surface area (Å²) in [6.07, 6.45) is 4.54. The molecule has 1 fully saturated rings. The summed E-state index contributed by atoms with van der Waals surface area (Å²) in [7, 11) is 0. The van der Waals surface area contributed by atoms with E-state index in [1.165, 1.54) is 0 Å². The summed E-state index contributed by atoms with van der Waals surface area (Å²) in [5.41, 5.74) is 3.27. The van der Waals surface area contributed by atoms with Crippen LogP contribution < -0.4 is 5.32 Å². The second-order valence-electron chi connectivity index (χ2n) is 6.12. The van der Waals surface area contributed by atoms with Crippen LogP contribution in [0.5, 0.6) is 0 Å². The van der Waals surface area contributed by atoms with E-state index in [1.807, 2.05) is 38.1 Å². The molecule has 1 unspecified atom stereocenters. The number of carbonyl (C=O) groups is 1. The van der Waals surface area contributed by atoms with Gasteiger partial charge in [-0.15, -0.1) is 0 Å². The third kappa shape index (κ3) is 3.79.